The van der Waals surface area contributed by atoms with Crippen LogP contribution >= 0.6 is 11.6 Å². The lowest BCUT2D eigenvalue weighted by atomic mass is 10.1. The van der Waals surface area contributed by atoms with Gasteiger partial charge in [0.25, 0.3) is 0 Å². The molecular formula is C18H21ClN2. The maximum absolute atomic E-state index is 6.50. The largest absolute Gasteiger partial charge is 0.362 e. The average Bonchev–Trinajstić information content (AvgIpc) is 2.88. The van der Waals surface area contributed by atoms with E-state index < -0.39 is 0 Å². The van der Waals surface area contributed by atoms with Gasteiger partial charge in [0, 0.05) is 25.7 Å². The van der Waals surface area contributed by atoms with Gasteiger partial charge in [0.1, 0.15) is 0 Å². The lowest BCUT2D eigenvalue weighted by Crippen LogP contribution is -2.22. The van der Waals surface area contributed by atoms with Crippen molar-refractivity contribution in [3.8, 4) is 0 Å². The number of fused-ring (bicyclic) bond motifs is 1. The van der Waals surface area contributed by atoms with Crippen LogP contribution in [-0.4, -0.2) is 6.04 Å². The van der Waals surface area contributed by atoms with Crippen molar-refractivity contribution in [2.75, 3.05) is 4.90 Å². The summed E-state index contributed by atoms with van der Waals surface area (Å²) in [6.45, 7) is 7.05. The standard InChI is InChI=1S/C18H21ClN2/c1-13(2)20-10-14-7-8-18(17(19)9-14)21-11-15-5-3-4-6-16(15)12-21/h3-9,13,20H,10-12H2,1-2H3. The number of nitrogens with zero attached hydrogens (tertiary/aromatic N) is 1. The molecule has 2 nitrogen and oxygen atoms in total. The molecule has 3 heteroatoms. The van der Waals surface area contributed by atoms with Crippen molar-refractivity contribution in [2.45, 2.75) is 39.5 Å². The Kier molecular flexibility index (Phi) is 4.18. The SMILES string of the molecule is CC(C)NCc1ccc(N2Cc3ccccc3C2)c(Cl)c1. The second-order valence-electron chi connectivity index (χ2n) is 5.95. The summed E-state index contributed by atoms with van der Waals surface area (Å²) in [5, 5.41) is 4.26. The number of hydrogen-bond donors (Lipinski definition) is 1. The van der Waals surface area contributed by atoms with E-state index in [2.05, 4.69) is 66.5 Å². The smallest absolute Gasteiger partial charge is 0.0643 e. The molecule has 0 bridgehead atoms. The van der Waals surface area contributed by atoms with Crippen LogP contribution in [0.3, 0.4) is 0 Å². The first kappa shape index (κ1) is 14.4. The van der Waals surface area contributed by atoms with E-state index in [0.717, 1.165) is 30.3 Å². The topological polar surface area (TPSA) is 15.3 Å². The van der Waals surface area contributed by atoms with Crippen LogP contribution in [0.5, 0.6) is 0 Å². The minimum atomic E-state index is 0.483. The second-order valence-corrected chi connectivity index (χ2v) is 6.35. The molecule has 0 amide bonds. The third kappa shape index (κ3) is 3.22. The van der Waals surface area contributed by atoms with Crippen molar-refractivity contribution in [2.24, 2.45) is 0 Å². The molecular weight excluding hydrogens is 280 g/mol. The van der Waals surface area contributed by atoms with Gasteiger partial charge in [-0.3, -0.25) is 0 Å². The fraction of sp³-hybridized carbons (Fsp3) is 0.333. The number of anilines is 1. The Morgan fingerprint density at radius 2 is 1.76 bits per heavy atom. The molecule has 110 valence electrons. The monoisotopic (exact) mass is 300 g/mol. The highest BCUT2D eigenvalue weighted by atomic mass is 35.5. The molecule has 0 saturated heterocycles. The highest BCUT2D eigenvalue weighted by Crippen LogP contribution is 2.33. The molecule has 0 fully saturated rings. The molecule has 0 unspecified atom stereocenters. The maximum Gasteiger partial charge on any atom is 0.0643 e. The number of benzene rings is 2. The third-order valence-electron chi connectivity index (χ3n) is 3.91. The van der Waals surface area contributed by atoms with Gasteiger partial charge >= 0.3 is 0 Å². The molecule has 2 aromatic carbocycles. The van der Waals surface area contributed by atoms with Gasteiger partial charge < -0.3 is 10.2 Å². The molecule has 21 heavy (non-hydrogen) atoms. The summed E-state index contributed by atoms with van der Waals surface area (Å²) >= 11 is 6.50. The van der Waals surface area contributed by atoms with Crippen molar-refractivity contribution in [1.82, 2.24) is 5.32 Å². The van der Waals surface area contributed by atoms with E-state index in [-0.39, 0.29) is 0 Å². The fourth-order valence-corrected chi connectivity index (χ4v) is 3.06. The van der Waals surface area contributed by atoms with Crippen LogP contribution in [0.25, 0.3) is 0 Å². The number of nitrogens with one attached hydrogen (secondary N) is 1. The summed E-state index contributed by atoms with van der Waals surface area (Å²) in [5.74, 6) is 0. The van der Waals surface area contributed by atoms with E-state index in [9.17, 15) is 0 Å². The van der Waals surface area contributed by atoms with E-state index in [1.165, 1.54) is 16.7 Å². The average molecular weight is 301 g/mol. The quantitative estimate of drug-likeness (QED) is 0.902. The highest BCUT2D eigenvalue weighted by molar-refractivity contribution is 6.33. The van der Waals surface area contributed by atoms with Crippen LogP contribution in [-0.2, 0) is 19.6 Å². The summed E-state index contributed by atoms with van der Waals surface area (Å²) < 4.78 is 0. The van der Waals surface area contributed by atoms with E-state index >= 15 is 0 Å². The third-order valence-corrected chi connectivity index (χ3v) is 4.21. The first-order valence-corrected chi connectivity index (χ1v) is 7.85. The summed E-state index contributed by atoms with van der Waals surface area (Å²) in [5.41, 5.74) is 5.16. The number of hydrogen-bond acceptors (Lipinski definition) is 2. The van der Waals surface area contributed by atoms with Gasteiger partial charge in [-0.25, -0.2) is 0 Å². The van der Waals surface area contributed by atoms with E-state index in [1.807, 2.05) is 0 Å². The van der Waals surface area contributed by atoms with Crippen molar-refractivity contribution in [3.05, 3.63) is 64.2 Å². The van der Waals surface area contributed by atoms with Gasteiger partial charge in [0.15, 0.2) is 0 Å². The Balaban J connectivity index is 1.75. The van der Waals surface area contributed by atoms with Gasteiger partial charge in [0.2, 0.25) is 0 Å². The van der Waals surface area contributed by atoms with Gasteiger partial charge in [-0.05, 0) is 28.8 Å². The molecule has 0 saturated carbocycles. The minimum Gasteiger partial charge on any atom is -0.362 e. The van der Waals surface area contributed by atoms with Crippen molar-refractivity contribution in [1.29, 1.82) is 0 Å². The highest BCUT2D eigenvalue weighted by Gasteiger charge is 2.20. The van der Waals surface area contributed by atoms with Crippen LogP contribution in [0.1, 0.15) is 30.5 Å². The van der Waals surface area contributed by atoms with Crippen LogP contribution in [0.15, 0.2) is 42.5 Å². The molecule has 3 rings (SSSR count). The Morgan fingerprint density at radius 3 is 2.33 bits per heavy atom. The normalized spacial score (nSPS) is 13.8. The van der Waals surface area contributed by atoms with E-state index in [1.54, 1.807) is 0 Å². The summed E-state index contributed by atoms with van der Waals surface area (Å²) in [6.07, 6.45) is 0. The molecule has 1 aliphatic heterocycles. The first-order valence-electron chi connectivity index (χ1n) is 7.47. The number of halogens is 1. The van der Waals surface area contributed by atoms with Crippen LogP contribution in [0.4, 0.5) is 5.69 Å². The van der Waals surface area contributed by atoms with Gasteiger partial charge in [-0.1, -0.05) is 55.8 Å². The molecule has 0 radical (unpaired) electrons. The predicted molar refractivity (Wildman–Crippen MR) is 89.8 cm³/mol. The first-order chi connectivity index (χ1) is 10.1. The second kappa shape index (κ2) is 6.08. The molecule has 0 aliphatic carbocycles. The molecule has 0 atom stereocenters. The zero-order valence-corrected chi connectivity index (χ0v) is 13.3. The molecule has 0 aromatic heterocycles. The Labute approximate surface area is 131 Å². The minimum absolute atomic E-state index is 0.483. The fourth-order valence-electron chi connectivity index (χ4n) is 2.74. The lowest BCUT2D eigenvalue weighted by molar-refractivity contribution is 0.589. The zero-order valence-electron chi connectivity index (χ0n) is 12.6. The van der Waals surface area contributed by atoms with E-state index in [0.29, 0.717) is 6.04 Å². The molecule has 1 heterocycles. The lowest BCUT2D eigenvalue weighted by Gasteiger charge is -2.20. The molecule has 1 N–H and O–H groups in total. The molecule has 2 aromatic rings. The summed E-state index contributed by atoms with van der Waals surface area (Å²) in [7, 11) is 0. The van der Waals surface area contributed by atoms with Gasteiger partial charge in [-0.2, -0.15) is 0 Å². The van der Waals surface area contributed by atoms with Gasteiger partial charge in [-0.15, -0.1) is 0 Å². The Hall–Kier alpha value is -1.51. The van der Waals surface area contributed by atoms with Crippen molar-refractivity contribution >= 4 is 17.3 Å². The van der Waals surface area contributed by atoms with Crippen molar-refractivity contribution in [3.63, 3.8) is 0 Å². The maximum atomic E-state index is 6.50. The Bertz CT molecular complexity index is 612. The van der Waals surface area contributed by atoms with E-state index in [4.69, 9.17) is 11.6 Å². The van der Waals surface area contributed by atoms with Crippen molar-refractivity contribution < 1.29 is 0 Å². The number of rotatable bonds is 4. The van der Waals surface area contributed by atoms with Crippen LogP contribution in [0.2, 0.25) is 5.02 Å². The van der Waals surface area contributed by atoms with Crippen LogP contribution in [0, 0.1) is 0 Å². The van der Waals surface area contributed by atoms with Gasteiger partial charge in [0.05, 0.1) is 10.7 Å². The summed E-state index contributed by atoms with van der Waals surface area (Å²) in [4.78, 5) is 2.34. The van der Waals surface area contributed by atoms with Crippen LogP contribution < -0.4 is 10.2 Å². The predicted octanol–water partition coefficient (Wildman–Crippen LogP) is 4.36. The zero-order chi connectivity index (χ0) is 14.8. The molecule has 0 spiro atoms. The Morgan fingerprint density at radius 1 is 1.10 bits per heavy atom. The summed E-state index contributed by atoms with van der Waals surface area (Å²) in [6, 6.07) is 15.5. The molecule has 1 aliphatic rings.